The van der Waals surface area contributed by atoms with Gasteiger partial charge in [0.25, 0.3) is 0 Å². The van der Waals surface area contributed by atoms with Gasteiger partial charge in [-0.3, -0.25) is 4.79 Å². The minimum absolute atomic E-state index is 0.0993. The fourth-order valence-corrected chi connectivity index (χ4v) is 3.60. The van der Waals surface area contributed by atoms with Gasteiger partial charge in [0.15, 0.2) is 5.13 Å². The van der Waals surface area contributed by atoms with E-state index in [0.717, 1.165) is 23.7 Å². The zero-order valence-electron chi connectivity index (χ0n) is 12.9. The number of benzene rings is 1. The summed E-state index contributed by atoms with van der Waals surface area (Å²) in [6, 6.07) is 4.50. The van der Waals surface area contributed by atoms with Crippen LogP contribution >= 0.6 is 11.3 Å². The van der Waals surface area contributed by atoms with Gasteiger partial charge in [-0.05, 0) is 44.9 Å². The third-order valence-electron chi connectivity index (χ3n) is 4.03. The second-order valence-corrected chi connectivity index (χ2v) is 7.12. The Balaban J connectivity index is 1.73. The summed E-state index contributed by atoms with van der Waals surface area (Å²) in [5, 5.41) is 4.01. The van der Waals surface area contributed by atoms with E-state index in [1.807, 2.05) is 13.8 Å². The molecule has 0 spiro atoms. The van der Waals surface area contributed by atoms with Gasteiger partial charge in [-0.2, -0.15) is 0 Å². The topological polar surface area (TPSA) is 45.2 Å². The largest absolute Gasteiger partial charge is 0.354 e. The van der Waals surface area contributed by atoms with Gasteiger partial charge >= 0.3 is 0 Å². The third-order valence-corrected chi connectivity index (χ3v) is 5.11. The van der Waals surface area contributed by atoms with Gasteiger partial charge in [0.2, 0.25) is 5.91 Å². The van der Waals surface area contributed by atoms with Crippen molar-refractivity contribution in [3.8, 4) is 0 Å². The summed E-state index contributed by atoms with van der Waals surface area (Å²) in [7, 11) is 0. The Bertz CT molecular complexity index is 686. The van der Waals surface area contributed by atoms with E-state index in [1.165, 1.54) is 15.8 Å². The van der Waals surface area contributed by atoms with Crippen molar-refractivity contribution in [1.29, 1.82) is 0 Å². The third kappa shape index (κ3) is 2.62. The van der Waals surface area contributed by atoms with Crippen LogP contribution in [0.2, 0.25) is 0 Å². The van der Waals surface area contributed by atoms with Gasteiger partial charge in [0, 0.05) is 19.1 Å². The van der Waals surface area contributed by atoms with Crippen molar-refractivity contribution in [1.82, 2.24) is 10.3 Å². The number of anilines is 1. The van der Waals surface area contributed by atoms with Crippen LogP contribution in [0, 0.1) is 19.8 Å². The number of rotatable bonds is 3. The summed E-state index contributed by atoms with van der Waals surface area (Å²) >= 11 is 1.71. The molecule has 0 saturated carbocycles. The van der Waals surface area contributed by atoms with E-state index in [4.69, 9.17) is 4.98 Å². The van der Waals surface area contributed by atoms with Crippen molar-refractivity contribution < 1.29 is 4.79 Å². The number of carbonyl (C=O) groups is 1. The van der Waals surface area contributed by atoms with Gasteiger partial charge in [-0.25, -0.2) is 4.98 Å². The molecule has 0 radical (unpaired) electrons. The number of nitrogens with one attached hydrogen (secondary N) is 1. The maximum Gasteiger partial charge on any atom is 0.226 e. The van der Waals surface area contributed by atoms with Crippen LogP contribution in [-0.4, -0.2) is 30.0 Å². The van der Waals surface area contributed by atoms with Crippen molar-refractivity contribution in [2.45, 2.75) is 33.7 Å². The normalized spacial score (nSPS) is 15.6. The van der Waals surface area contributed by atoms with Crippen LogP contribution in [-0.2, 0) is 4.79 Å². The number of fused-ring (bicyclic) bond motifs is 1. The summed E-state index contributed by atoms with van der Waals surface area (Å²) in [5.41, 5.74) is 3.63. The van der Waals surface area contributed by atoms with Crippen molar-refractivity contribution in [2.24, 2.45) is 5.92 Å². The molecule has 0 bridgehead atoms. The quantitative estimate of drug-likeness (QED) is 0.948. The first-order chi connectivity index (χ1) is 9.95. The van der Waals surface area contributed by atoms with Crippen molar-refractivity contribution in [3.63, 3.8) is 0 Å². The van der Waals surface area contributed by atoms with Crippen molar-refractivity contribution in [2.75, 3.05) is 18.0 Å². The number of hydrogen-bond donors (Lipinski definition) is 1. The van der Waals surface area contributed by atoms with E-state index in [2.05, 4.69) is 36.2 Å². The van der Waals surface area contributed by atoms with Crippen molar-refractivity contribution >= 4 is 32.6 Å². The molecule has 1 fully saturated rings. The smallest absolute Gasteiger partial charge is 0.226 e. The monoisotopic (exact) mass is 303 g/mol. The molecule has 1 amide bonds. The maximum absolute atomic E-state index is 11.9. The van der Waals surface area contributed by atoms with E-state index in [1.54, 1.807) is 11.3 Å². The number of aryl methyl sites for hydroxylation is 2. The van der Waals surface area contributed by atoms with E-state index in [0.29, 0.717) is 0 Å². The van der Waals surface area contributed by atoms with Gasteiger partial charge in [0.1, 0.15) is 0 Å². The Morgan fingerprint density at radius 2 is 2.10 bits per heavy atom. The molecule has 4 nitrogen and oxygen atoms in total. The molecule has 0 unspecified atom stereocenters. The molecule has 3 rings (SSSR count). The molecular weight excluding hydrogens is 282 g/mol. The number of thiazole rings is 1. The molecular formula is C16H21N3OS. The fraction of sp³-hybridized carbons (Fsp3) is 0.500. The van der Waals surface area contributed by atoms with Crippen molar-refractivity contribution in [3.05, 3.63) is 23.3 Å². The SMILES string of the molecule is Cc1ccc2sc(N3CC(C(=O)NC(C)C)C3)nc2c1C. The van der Waals surface area contributed by atoms with Crippen LogP contribution in [0.4, 0.5) is 5.13 Å². The highest BCUT2D eigenvalue weighted by molar-refractivity contribution is 7.22. The highest BCUT2D eigenvalue weighted by atomic mass is 32.1. The van der Waals surface area contributed by atoms with Gasteiger partial charge < -0.3 is 10.2 Å². The van der Waals surface area contributed by atoms with Gasteiger partial charge in [-0.1, -0.05) is 17.4 Å². The molecule has 2 aromatic rings. The first kappa shape index (κ1) is 14.3. The van der Waals surface area contributed by atoms with Gasteiger partial charge in [0.05, 0.1) is 16.1 Å². The Labute approximate surface area is 129 Å². The number of carbonyl (C=O) groups excluding carboxylic acids is 1. The van der Waals surface area contributed by atoms with E-state index in [-0.39, 0.29) is 17.9 Å². The lowest BCUT2D eigenvalue weighted by molar-refractivity contribution is -0.126. The standard InChI is InChI=1S/C16H21N3OS/c1-9(2)17-15(20)12-7-19(8-12)16-18-14-11(4)10(3)5-6-13(14)21-16/h5-6,9,12H,7-8H2,1-4H3,(H,17,20). The Morgan fingerprint density at radius 1 is 1.38 bits per heavy atom. The van der Waals surface area contributed by atoms with E-state index in [9.17, 15) is 4.79 Å². The Hall–Kier alpha value is -1.62. The number of amides is 1. The first-order valence-electron chi connectivity index (χ1n) is 7.37. The molecule has 112 valence electrons. The second-order valence-electron chi connectivity index (χ2n) is 6.12. The van der Waals surface area contributed by atoms with Crippen LogP contribution in [0.5, 0.6) is 0 Å². The molecule has 1 saturated heterocycles. The molecule has 0 atom stereocenters. The molecule has 21 heavy (non-hydrogen) atoms. The zero-order valence-corrected chi connectivity index (χ0v) is 13.8. The van der Waals surface area contributed by atoms with E-state index >= 15 is 0 Å². The maximum atomic E-state index is 11.9. The molecule has 1 aliphatic heterocycles. The molecule has 0 aliphatic carbocycles. The van der Waals surface area contributed by atoms with Crippen LogP contribution in [0.1, 0.15) is 25.0 Å². The highest BCUT2D eigenvalue weighted by Crippen LogP contribution is 2.34. The number of hydrogen-bond acceptors (Lipinski definition) is 4. The van der Waals surface area contributed by atoms with Crippen LogP contribution in [0.25, 0.3) is 10.2 Å². The first-order valence-corrected chi connectivity index (χ1v) is 8.19. The van der Waals surface area contributed by atoms with E-state index < -0.39 is 0 Å². The Morgan fingerprint density at radius 3 is 2.76 bits per heavy atom. The summed E-state index contributed by atoms with van der Waals surface area (Å²) in [5.74, 6) is 0.261. The van der Waals surface area contributed by atoms with Crippen LogP contribution in [0.3, 0.4) is 0 Å². The summed E-state index contributed by atoms with van der Waals surface area (Å²) in [6.07, 6.45) is 0. The molecule has 1 aromatic heterocycles. The summed E-state index contributed by atoms with van der Waals surface area (Å²) < 4.78 is 1.23. The zero-order chi connectivity index (χ0) is 15.1. The highest BCUT2D eigenvalue weighted by Gasteiger charge is 2.34. The molecule has 1 aromatic carbocycles. The predicted octanol–water partition coefficient (Wildman–Crippen LogP) is 2.87. The fourth-order valence-electron chi connectivity index (χ4n) is 2.55. The lowest BCUT2D eigenvalue weighted by Gasteiger charge is -2.38. The predicted molar refractivity (Wildman–Crippen MR) is 88.1 cm³/mol. The van der Waals surface area contributed by atoms with Crippen LogP contribution < -0.4 is 10.2 Å². The average molecular weight is 303 g/mol. The number of nitrogens with zero attached hydrogens (tertiary/aromatic N) is 2. The second kappa shape index (κ2) is 5.30. The minimum atomic E-state index is 0.0993. The lowest BCUT2D eigenvalue weighted by Crippen LogP contribution is -2.54. The molecule has 1 aliphatic rings. The molecule has 2 heterocycles. The lowest BCUT2D eigenvalue weighted by atomic mass is 10.00. The average Bonchev–Trinajstić information content (AvgIpc) is 2.75. The minimum Gasteiger partial charge on any atom is -0.354 e. The number of aromatic nitrogens is 1. The Kier molecular flexibility index (Phi) is 3.61. The van der Waals surface area contributed by atoms with Gasteiger partial charge in [-0.15, -0.1) is 0 Å². The van der Waals surface area contributed by atoms with Crippen LogP contribution in [0.15, 0.2) is 12.1 Å². The molecule has 5 heteroatoms. The summed E-state index contributed by atoms with van der Waals surface area (Å²) in [4.78, 5) is 18.9. The summed E-state index contributed by atoms with van der Waals surface area (Å²) in [6.45, 7) is 9.77. The molecule has 1 N–H and O–H groups in total.